The van der Waals surface area contributed by atoms with E-state index >= 15 is 0 Å². The molecule has 0 radical (unpaired) electrons. The van der Waals surface area contributed by atoms with Crippen LogP contribution in [0.25, 0.3) is 0 Å². The van der Waals surface area contributed by atoms with Crippen molar-refractivity contribution in [1.29, 1.82) is 0 Å². The van der Waals surface area contributed by atoms with Crippen molar-refractivity contribution in [2.24, 2.45) is 11.3 Å². The summed E-state index contributed by atoms with van der Waals surface area (Å²) in [4.78, 5) is 31.0. The van der Waals surface area contributed by atoms with Crippen molar-refractivity contribution in [2.45, 2.75) is 99.0 Å². The van der Waals surface area contributed by atoms with E-state index < -0.39 is 11.9 Å². The van der Waals surface area contributed by atoms with Gasteiger partial charge in [-0.3, -0.25) is 14.5 Å². The van der Waals surface area contributed by atoms with E-state index in [-0.39, 0.29) is 23.3 Å². The molecule has 3 unspecified atom stereocenters. The van der Waals surface area contributed by atoms with Crippen LogP contribution in [-0.2, 0) is 9.59 Å². The van der Waals surface area contributed by atoms with Crippen LogP contribution < -0.4 is 0 Å². The van der Waals surface area contributed by atoms with Crippen molar-refractivity contribution in [3.05, 3.63) is 34.4 Å². The third-order valence-corrected chi connectivity index (χ3v) is 8.83. The second-order valence-electron chi connectivity index (χ2n) is 14.0. The quantitative estimate of drug-likeness (QED) is 0.274. The average molecular weight is 545 g/mol. The maximum absolute atomic E-state index is 13.8. The topological polar surface area (TPSA) is 60.9 Å². The molecular weight excluding hydrogens is 486 g/mol. The molecule has 0 aliphatic carbocycles. The Morgan fingerprint density at radius 1 is 1.03 bits per heavy atom. The molecule has 0 spiro atoms. The number of likely N-dealkylation sites (tertiary alicyclic amines) is 1. The van der Waals surface area contributed by atoms with E-state index in [0.29, 0.717) is 13.1 Å². The molecule has 6 heteroatoms. The SMILES string of the molecule is CCCCN(CCC[N+](C)(C)C)C(=O)CN1CC(c2cc(C)c(C)c(C)c2)C(C(=O)O)C1CC(C)(C)CCC. The third-order valence-electron chi connectivity index (χ3n) is 8.83. The average Bonchev–Trinajstić information content (AvgIpc) is 3.15. The molecule has 0 aromatic heterocycles. The van der Waals surface area contributed by atoms with Crippen LogP contribution >= 0.6 is 0 Å². The minimum atomic E-state index is -0.742. The lowest BCUT2D eigenvalue weighted by Crippen LogP contribution is -2.46. The lowest BCUT2D eigenvalue weighted by molar-refractivity contribution is -0.870. The molecule has 1 amide bonds. The molecule has 6 nitrogen and oxygen atoms in total. The first-order valence-corrected chi connectivity index (χ1v) is 15.2. The van der Waals surface area contributed by atoms with Gasteiger partial charge in [0, 0.05) is 38.0 Å². The van der Waals surface area contributed by atoms with E-state index in [9.17, 15) is 14.7 Å². The normalized spacial score (nSPS) is 20.4. The Bertz CT molecular complexity index is 942. The van der Waals surface area contributed by atoms with Gasteiger partial charge in [-0.2, -0.15) is 0 Å². The molecule has 1 aliphatic rings. The van der Waals surface area contributed by atoms with Crippen LogP contribution in [0.3, 0.4) is 0 Å². The van der Waals surface area contributed by atoms with Gasteiger partial charge < -0.3 is 14.5 Å². The Morgan fingerprint density at radius 2 is 1.62 bits per heavy atom. The van der Waals surface area contributed by atoms with Gasteiger partial charge in [-0.05, 0) is 67.7 Å². The minimum absolute atomic E-state index is 0.00887. The summed E-state index contributed by atoms with van der Waals surface area (Å²) in [6.07, 6.45) is 5.89. The molecule has 2 rings (SSSR count). The summed E-state index contributed by atoms with van der Waals surface area (Å²) in [7, 11) is 6.56. The van der Waals surface area contributed by atoms with Gasteiger partial charge in [0.05, 0.1) is 40.2 Å². The number of quaternary nitrogens is 1. The van der Waals surface area contributed by atoms with E-state index in [4.69, 9.17) is 0 Å². The van der Waals surface area contributed by atoms with Crippen LogP contribution in [0.5, 0.6) is 0 Å². The van der Waals surface area contributed by atoms with Crippen molar-refractivity contribution in [3.8, 4) is 0 Å². The van der Waals surface area contributed by atoms with Crippen molar-refractivity contribution in [3.63, 3.8) is 0 Å². The van der Waals surface area contributed by atoms with Crippen LogP contribution in [-0.4, -0.2) is 91.2 Å². The smallest absolute Gasteiger partial charge is 0.308 e. The van der Waals surface area contributed by atoms with Gasteiger partial charge in [0.25, 0.3) is 0 Å². The highest BCUT2D eigenvalue weighted by atomic mass is 16.4. The Balaban J connectivity index is 2.40. The van der Waals surface area contributed by atoms with E-state index in [1.807, 2.05) is 4.90 Å². The molecule has 1 aromatic rings. The standard InChI is InChI=1S/C33H57N3O3/c1-11-13-16-34(17-14-18-36(8,9)10)30(37)23-35-22-28(27-19-24(3)26(5)25(4)20-27)31(32(38)39)29(35)21-33(6,7)15-12-2/h19-20,28-29,31H,11-18,21-23H2,1-10H3/p+1. The number of amides is 1. The first-order valence-electron chi connectivity index (χ1n) is 15.2. The Hall–Kier alpha value is -1.92. The number of nitrogens with zero attached hydrogens (tertiary/aromatic N) is 3. The number of rotatable bonds is 15. The van der Waals surface area contributed by atoms with E-state index in [0.717, 1.165) is 68.2 Å². The summed E-state index contributed by atoms with van der Waals surface area (Å²) in [6, 6.07) is 4.20. The molecule has 1 saturated heterocycles. The number of hydrogen-bond acceptors (Lipinski definition) is 3. The van der Waals surface area contributed by atoms with Crippen LogP contribution in [0.15, 0.2) is 12.1 Å². The van der Waals surface area contributed by atoms with Gasteiger partial charge in [-0.15, -0.1) is 0 Å². The molecule has 39 heavy (non-hydrogen) atoms. The second-order valence-corrected chi connectivity index (χ2v) is 14.0. The monoisotopic (exact) mass is 544 g/mol. The number of unbranched alkanes of at least 4 members (excludes halogenated alkanes) is 1. The predicted molar refractivity (Wildman–Crippen MR) is 162 cm³/mol. The number of carbonyl (C=O) groups excluding carboxylic acids is 1. The van der Waals surface area contributed by atoms with E-state index in [1.165, 1.54) is 16.7 Å². The molecule has 1 fully saturated rings. The van der Waals surface area contributed by atoms with Gasteiger partial charge in [-0.25, -0.2) is 0 Å². The van der Waals surface area contributed by atoms with Crippen molar-refractivity contribution >= 4 is 11.9 Å². The highest BCUT2D eigenvalue weighted by molar-refractivity contribution is 5.79. The zero-order valence-electron chi connectivity index (χ0n) is 26.8. The van der Waals surface area contributed by atoms with Crippen LogP contribution in [0.4, 0.5) is 0 Å². The summed E-state index contributed by atoms with van der Waals surface area (Å²) >= 11 is 0. The highest BCUT2D eigenvalue weighted by Crippen LogP contribution is 2.44. The number of hydrogen-bond donors (Lipinski definition) is 1. The van der Waals surface area contributed by atoms with Crippen LogP contribution in [0.2, 0.25) is 0 Å². The zero-order valence-corrected chi connectivity index (χ0v) is 26.8. The summed E-state index contributed by atoms with van der Waals surface area (Å²) in [6.45, 7) is 18.7. The Labute approximate surface area is 239 Å². The molecule has 1 heterocycles. The van der Waals surface area contributed by atoms with E-state index in [1.54, 1.807) is 0 Å². The Kier molecular flexibility index (Phi) is 12.0. The highest BCUT2D eigenvalue weighted by Gasteiger charge is 2.48. The number of carboxylic acid groups (broad SMARTS) is 1. The van der Waals surface area contributed by atoms with Gasteiger partial charge in [0.1, 0.15) is 0 Å². The number of carbonyl (C=O) groups is 2. The zero-order chi connectivity index (χ0) is 29.5. The fraction of sp³-hybridized carbons (Fsp3) is 0.758. The molecule has 222 valence electrons. The minimum Gasteiger partial charge on any atom is -0.481 e. The fourth-order valence-corrected chi connectivity index (χ4v) is 6.43. The van der Waals surface area contributed by atoms with Crippen LogP contribution in [0.1, 0.15) is 94.4 Å². The van der Waals surface area contributed by atoms with Gasteiger partial charge in [0.15, 0.2) is 0 Å². The second kappa shape index (κ2) is 14.1. The summed E-state index contributed by atoms with van der Waals surface area (Å²) in [5, 5.41) is 10.6. The lowest BCUT2D eigenvalue weighted by Gasteiger charge is -2.35. The van der Waals surface area contributed by atoms with Crippen molar-refractivity contribution < 1.29 is 19.2 Å². The van der Waals surface area contributed by atoms with Gasteiger partial charge in [-0.1, -0.05) is 52.7 Å². The van der Waals surface area contributed by atoms with Gasteiger partial charge in [0.2, 0.25) is 5.91 Å². The lowest BCUT2D eigenvalue weighted by atomic mass is 9.75. The van der Waals surface area contributed by atoms with Crippen molar-refractivity contribution in [1.82, 2.24) is 9.80 Å². The van der Waals surface area contributed by atoms with Crippen molar-refractivity contribution in [2.75, 3.05) is 53.9 Å². The molecular formula is C33H58N3O3+. The maximum Gasteiger partial charge on any atom is 0.308 e. The largest absolute Gasteiger partial charge is 0.481 e. The number of benzene rings is 1. The van der Waals surface area contributed by atoms with E-state index in [2.05, 4.69) is 86.6 Å². The molecule has 0 saturated carbocycles. The predicted octanol–water partition coefficient (Wildman–Crippen LogP) is 6.02. The molecule has 0 bridgehead atoms. The first-order chi connectivity index (χ1) is 18.1. The van der Waals surface area contributed by atoms with Crippen LogP contribution in [0, 0.1) is 32.1 Å². The first kappa shape index (κ1) is 33.3. The number of aliphatic carboxylic acids is 1. The molecule has 1 aromatic carbocycles. The summed E-state index contributed by atoms with van der Waals surface area (Å²) in [5.74, 6) is -1.26. The number of carboxylic acids is 1. The summed E-state index contributed by atoms with van der Waals surface area (Å²) < 4.78 is 0.883. The fourth-order valence-electron chi connectivity index (χ4n) is 6.43. The van der Waals surface area contributed by atoms with Gasteiger partial charge >= 0.3 is 5.97 Å². The molecule has 1 aliphatic heterocycles. The number of aryl methyl sites for hydroxylation is 2. The molecule has 3 atom stereocenters. The summed E-state index contributed by atoms with van der Waals surface area (Å²) in [5.41, 5.74) is 4.78. The molecule has 1 N–H and O–H groups in total. The third kappa shape index (κ3) is 9.60. The Morgan fingerprint density at radius 3 is 2.13 bits per heavy atom. The maximum atomic E-state index is 13.8.